The van der Waals surface area contributed by atoms with Crippen molar-refractivity contribution in [3.63, 3.8) is 0 Å². The molecule has 0 aromatic carbocycles. The van der Waals surface area contributed by atoms with E-state index in [0.29, 0.717) is 23.4 Å². The van der Waals surface area contributed by atoms with E-state index in [0.717, 1.165) is 16.8 Å². The highest BCUT2D eigenvalue weighted by Crippen LogP contribution is 2.31. The number of halogens is 5. The Hall–Kier alpha value is -3.56. The maximum Gasteiger partial charge on any atom is 0.435 e. The van der Waals surface area contributed by atoms with Crippen molar-refractivity contribution in [1.82, 2.24) is 19.7 Å². The third-order valence-electron chi connectivity index (χ3n) is 5.44. The fraction of sp³-hybridized carbons (Fsp3) is 0.292. The summed E-state index contributed by atoms with van der Waals surface area (Å²) in [5.41, 5.74) is 6.17. The van der Waals surface area contributed by atoms with Gasteiger partial charge in [0.15, 0.2) is 11.5 Å². The third-order valence-corrected chi connectivity index (χ3v) is 5.44. The minimum Gasteiger partial charge on any atom is -0.402 e. The molecule has 10 heteroatoms. The molecule has 34 heavy (non-hydrogen) atoms. The molecule has 3 aromatic heterocycles. The number of hydrogen-bond acceptors (Lipinski definition) is 4. The zero-order valence-electron chi connectivity index (χ0n) is 18.9. The van der Waals surface area contributed by atoms with E-state index >= 15 is 0 Å². The van der Waals surface area contributed by atoms with Crippen molar-refractivity contribution in [2.45, 2.75) is 38.8 Å². The van der Waals surface area contributed by atoms with Crippen LogP contribution in [0, 0.1) is 17.8 Å². The van der Waals surface area contributed by atoms with E-state index in [1.807, 2.05) is 20.8 Å². The minimum atomic E-state index is -4.55. The van der Waals surface area contributed by atoms with Gasteiger partial charge in [0.25, 0.3) is 0 Å². The van der Waals surface area contributed by atoms with Gasteiger partial charge >= 0.3 is 6.18 Å². The van der Waals surface area contributed by atoms with Gasteiger partial charge in [0.1, 0.15) is 0 Å². The Bertz CT molecular complexity index is 1230. The summed E-state index contributed by atoms with van der Waals surface area (Å²) < 4.78 is 66.7. The van der Waals surface area contributed by atoms with Crippen LogP contribution in [-0.4, -0.2) is 19.7 Å². The van der Waals surface area contributed by atoms with Crippen LogP contribution in [0.25, 0.3) is 11.4 Å². The van der Waals surface area contributed by atoms with E-state index in [1.54, 1.807) is 24.3 Å². The lowest BCUT2D eigenvalue weighted by atomic mass is 9.83. The Morgan fingerprint density at radius 2 is 1.79 bits per heavy atom. The van der Waals surface area contributed by atoms with Crippen molar-refractivity contribution in [3.05, 3.63) is 89.8 Å². The van der Waals surface area contributed by atoms with Gasteiger partial charge in [-0.25, -0.2) is 9.67 Å². The molecule has 0 radical (unpaired) electrons. The predicted molar refractivity (Wildman–Crippen MR) is 119 cm³/mol. The average Bonchev–Trinajstić information content (AvgIpc) is 3.24. The molecule has 0 aliphatic carbocycles. The van der Waals surface area contributed by atoms with Crippen LogP contribution < -0.4 is 5.73 Å². The summed E-state index contributed by atoms with van der Waals surface area (Å²) >= 11 is 0. The highest BCUT2D eigenvalue weighted by molar-refractivity contribution is 5.63. The van der Waals surface area contributed by atoms with Crippen molar-refractivity contribution < 1.29 is 22.0 Å². The van der Waals surface area contributed by atoms with Crippen LogP contribution in [-0.2, 0) is 11.6 Å². The summed E-state index contributed by atoms with van der Waals surface area (Å²) in [6.45, 7) is 9.41. The van der Waals surface area contributed by atoms with Gasteiger partial charge in [0.2, 0.25) is 11.9 Å². The highest BCUT2D eigenvalue weighted by atomic mass is 19.4. The summed E-state index contributed by atoms with van der Waals surface area (Å²) in [6.07, 6.45) is -1.22. The van der Waals surface area contributed by atoms with E-state index in [1.165, 1.54) is 12.3 Å². The molecule has 5 nitrogen and oxygen atoms in total. The van der Waals surface area contributed by atoms with Crippen LogP contribution in [0.4, 0.5) is 22.0 Å². The zero-order chi connectivity index (χ0) is 25.3. The summed E-state index contributed by atoms with van der Waals surface area (Å²) in [4.78, 5) is 7.65. The first-order chi connectivity index (χ1) is 15.8. The minimum absolute atomic E-state index is 0.131. The van der Waals surface area contributed by atoms with Gasteiger partial charge in [0.05, 0.1) is 5.69 Å². The fourth-order valence-electron chi connectivity index (χ4n) is 3.40. The number of pyridine rings is 2. The van der Waals surface area contributed by atoms with Crippen LogP contribution in [0.1, 0.15) is 44.1 Å². The topological polar surface area (TPSA) is 69.6 Å². The molecule has 0 fully saturated rings. The monoisotopic (exact) mass is 477 g/mol. The first-order valence-electron chi connectivity index (χ1n) is 10.4. The lowest BCUT2D eigenvalue weighted by Crippen LogP contribution is -2.28. The second kappa shape index (κ2) is 9.36. The zero-order valence-corrected chi connectivity index (χ0v) is 18.9. The van der Waals surface area contributed by atoms with Gasteiger partial charge in [-0.3, -0.25) is 0 Å². The molecule has 1 unspecified atom stereocenters. The van der Waals surface area contributed by atoms with Crippen LogP contribution in [0.5, 0.6) is 0 Å². The fourth-order valence-corrected chi connectivity index (χ4v) is 3.40. The van der Waals surface area contributed by atoms with Crippen LogP contribution in [0.15, 0.2) is 60.9 Å². The molecule has 0 spiro atoms. The van der Waals surface area contributed by atoms with E-state index in [9.17, 15) is 22.0 Å². The lowest BCUT2D eigenvalue weighted by molar-refractivity contribution is -0.141. The van der Waals surface area contributed by atoms with E-state index in [2.05, 4.69) is 21.6 Å². The first kappa shape index (κ1) is 25.1. The molecular weight excluding hydrogens is 453 g/mol. The maximum atomic E-state index is 13.9. The lowest BCUT2D eigenvalue weighted by Gasteiger charge is -2.26. The van der Waals surface area contributed by atoms with Crippen LogP contribution >= 0.6 is 0 Å². The number of rotatable bonds is 7. The highest BCUT2D eigenvalue weighted by Gasteiger charge is 2.34. The van der Waals surface area contributed by atoms with E-state index in [-0.39, 0.29) is 17.3 Å². The number of aromatic nitrogens is 4. The van der Waals surface area contributed by atoms with Crippen molar-refractivity contribution in [2.24, 2.45) is 11.7 Å². The van der Waals surface area contributed by atoms with Gasteiger partial charge in [-0.15, -0.1) is 0 Å². The van der Waals surface area contributed by atoms with E-state index in [4.69, 9.17) is 5.73 Å². The largest absolute Gasteiger partial charge is 0.435 e. The Balaban J connectivity index is 1.80. The molecule has 0 aliphatic rings. The van der Waals surface area contributed by atoms with Crippen LogP contribution in [0.2, 0.25) is 0 Å². The maximum absolute atomic E-state index is 13.9. The second-order valence-electron chi connectivity index (χ2n) is 8.53. The SMILES string of the molecule is C=C(CC(C)/C=C(\N)C(C)(C)c1cccc(-n2ccc(C(F)(F)F)n2)n1)c1ccc(F)nc1F. The van der Waals surface area contributed by atoms with Crippen molar-refractivity contribution in [3.8, 4) is 5.82 Å². The summed E-state index contributed by atoms with van der Waals surface area (Å²) in [6, 6.07) is 8.17. The molecule has 3 aromatic rings. The van der Waals surface area contributed by atoms with Gasteiger partial charge in [-0.05, 0) is 62.1 Å². The van der Waals surface area contributed by atoms with E-state index < -0.39 is 29.2 Å². The molecule has 3 rings (SSSR count). The number of allylic oxidation sites excluding steroid dienone is 3. The molecule has 2 N–H and O–H groups in total. The summed E-state index contributed by atoms with van der Waals surface area (Å²) in [5, 5.41) is 3.56. The smallest absolute Gasteiger partial charge is 0.402 e. The Kier molecular flexibility index (Phi) is 6.90. The molecule has 0 saturated carbocycles. The molecule has 0 saturated heterocycles. The standard InChI is InChI=1S/C24H24F5N5/c1-14(12-15(2)16-8-9-20(25)32-22(16)26)13-17(30)23(3,4)18-6-5-7-21(31-18)34-11-10-19(33-34)24(27,28)29/h5-11,13-14H,2,12,30H2,1,3-4H3/b17-13-. The molecule has 180 valence electrons. The predicted octanol–water partition coefficient (Wildman–Crippen LogP) is 5.82. The Labute approximate surface area is 193 Å². The first-order valence-corrected chi connectivity index (χ1v) is 10.4. The summed E-state index contributed by atoms with van der Waals surface area (Å²) in [5.74, 6) is -1.77. The third kappa shape index (κ3) is 5.49. The number of hydrogen-bond donors (Lipinski definition) is 1. The number of nitrogens with two attached hydrogens (primary N) is 1. The van der Waals surface area contributed by atoms with Gasteiger partial charge < -0.3 is 5.73 Å². The second-order valence-corrected chi connectivity index (χ2v) is 8.53. The quantitative estimate of drug-likeness (QED) is 0.344. The normalized spacial score (nSPS) is 13.7. The van der Waals surface area contributed by atoms with Gasteiger partial charge in [0, 0.05) is 22.9 Å². The van der Waals surface area contributed by atoms with Crippen molar-refractivity contribution in [2.75, 3.05) is 0 Å². The molecule has 0 bridgehead atoms. The Morgan fingerprint density at radius 3 is 2.41 bits per heavy atom. The Morgan fingerprint density at radius 1 is 1.09 bits per heavy atom. The van der Waals surface area contributed by atoms with Crippen LogP contribution in [0.3, 0.4) is 0 Å². The van der Waals surface area contributed by atoms with Crippen molar-refractivity contribution in [1.29, 1.82) is 0 Å². The molecule has 1 atom stereocenters. The van der Waals surface area contributed by atoms with Gasteiger partial charge in [-0.1, -0.05) is 25.6 Å². The van der Waals surface area contributed by atoms with Gasteiger partial charge in [-0.2, -0.15) is 32.0 Å². The molecule has 0 amide bonds. The number of alkyl halides is 3. The summed E-state index contributed by atoms with van der Waals surface area (Å²) in [7, 11) is 0. The molecule has 3 heterocycles. The molecule has 0 aliphatic heterocycles. The number of nitrogens with zero attached hydrogens (tertiary/aromatic N) is 4. The molecular formula is C24H24F5N5. The average molecular weight is 477 g/mol. The van der Waals surface area contributed by atoms with Crippen molar-refractivity contribution >= 4 is 5.57 Å².